The molecular weight excluding hydrogens is 304 g/mol. The Labute approximate surface area is 119 Å². The van der Waals surface area contributed by atoms with Crippen LogP contribution in [0.15, 0.2) is 24.3 Å². The number of benzene rings is 1. The Morgan fingerprint density at radius 2 is 1.80 bits per heavy atom. The van der Waals surface area contributed by atoms with Crippen molar-refractivity contribution in [3.63, 3.8) is 0 Å². The molecule has 0 aliphatic heterocycles. The van der Waals surface area contributed by atoms with Crippen molar-refractivity contribution in [2.45, 2.75) is 0 Å². The molecule has 1 aromatic rings. The molecule has 0 fully saturated rings. The molecule has 0 saturated heterocycles. The van der Waals surface area contributed by atoms with Crippen molar-refractivity contribution in [1.82, 2.24) is 4.72 Å². The monoisotopic (exact) mass is 322 g/mol. The third kappa shape index (κ3) is 6.73. The van der Waals surface area contributed by atoms with Gasteiger partial charge in [0.15, 0.2) is 0 Å². The fourth-order valence-corrected chi connectivity index (χ4v) is 3.93. The minimum atomic E-state index is -3.62. The summed E-state index contributed by atoms with van der Waals surface area (Å²) in [6, 6.07) is 6.86. The number of anilines is 1. The van der Waals surface area contributed by atoms with Crippen molar-refractivity contribution in [3.05, 3.63) is 24.3 Å². The average molecular weight is 322 g/mol. The zero-order chi connectivity index (χ0) is 15.2. The van der Waals surface area contributed by atoms with E-state index in [0.717, 1.165) is 6.26 Å². The van der Waals surface area contributed by atoms with Gasteiger partial charge in [0.05, 0.1) is 17.2 Å². The Morgan fingerprint density at radius 1 is 1.15 bits per heavy atom. The van der Waals surface area contributed by atoms with Gasteiger partial charge in [0.1, 0.15) is 22.2 Å². The lowest BCUT2D eigenvalue weighted by Crippen LogP contribution is -2.32. The van der Waals surface area contributed by atoms with E-state index in [-0.39, 0.29) is 13.2 Å². The summed E-state index contributed by atoms with van der Waals surface area (Å²) in [4.78, 5) is 0. The lowest BCUT2D eigenvalue weighted by molar-refractivity contribution is 0.324. The fourth-order valence-electron chi connectivity index (χ4n) is 1.30. The number of nitrogen functional groups attached to an aromatic ring is 1. The molecule has 3 N–H and O–H groups in total. The molecule has 1 aromatic carbocycles. The zero-order valence-electron chi connectivity index (χ0n) is 11.1. The van der Waals surface area contributed by atoms with Crippen molar-refractivity contribution >= 4 is 25.5 Å². The number of rotatable bonds is 8. The van der Waals surface area contributed by atoms with Crippen molar-refractivity contribution in [1.29, 1.82) is 0 Å². The normalized spacial score (nSPS) is 12.2. The van der Waals surface area contributed by atoms with Gasteiger partial charge in [0.2, 0.25) is 10.0 Å². The molecule has 0 aliphatic carbocycles. The molecule has 0 unspecified atom stereocenters. The molecule has 20 heavy (non-hydrogen) atoms. The first-order chi connectivity index (χ1) is 9.20. The van der Waals surface area contributed by atoms with E-state index in [0.29, 0.717) is 11.4 Å². The molecule has 114 valence electrons. The Hall–Kier alpha value is -1.32. The van der Waals surface area contributed by atoms with Crippen LogP contribution in [0, 0.1) is 0 Å². The Morgan fingerprint density at radius 3 is 2.40 bits per heavy atom. The van der Waals surface area contributed by atoms with Gasteiger partial charge in [0, 0.05) is 12.8 Å². The second kappa shape index (κ2) is 6.91. The summed E-state index contributed by atoms with van der Waals surface area (Å²) < 4.78 is 52.4. The van der Waals surface area contributed by atoms with Crippen LogP contribution in [0.25, 0.3) is 0 Å². The van der Waals surface area contributed by atoms with Crippen LogP contribution in [0.4, 0.5) is 5.69 Å². The Kier molecular flexibility index (Phi) is 5.78. The number of hydrogen-bond acceptors (Lipinski definition) is 6. The van der Waals surface area contributed by atoms with E-state index in [4.69, 9.17) is 10.5 Å². The van der Waals surface area contributed by atoms with Gasteiger partial charge >= 0.3 is 0 Å². The van der Waals surface area contributed by atoms with Crippen LogP contribution in [-0.2, 0) is 19.9 Å². The van der Waals surface area contributed by atoms with Gasteiger partial charge in [-0.1, -0.05) is 12.1 Å². The molecule has 0 bridgehead atoms. The highest BCUT2D eigenvalue weighted by Gasteiger charge is 2.13. The summed E-state index contributed by atoms with van der Waals surface area (Å²) in [5.41, 5.74) is 6.12. The smallest absolute Gasteiger partial charge is 0.212 e. The summed E-state index contributed by atoms with van der Waals surface area (Å²) in [6.45, 7) is 0.146. The lowest BCUT2D eigenvalue weighted by atomic mass is 10.3. The molecule has 0 aliphatic rings. The summed E-state index contributed by atoms with van der Waals surface area (Å²) in [7, 11) is -6.92. The minimum absolute atomic E-state index is 0.0421. The molecule has 0 aromatic heterocycles. The molecule has 0 saturated carbocycles. The maximum Gasteiger partial charge on any atom is 0.212 e. The second-order valence-corrected chi connectivity index (χ2v) is 8.42. The average Bonchev–Trinajstić information content (AvgIpc) is 2.34. The molecule has 0 amide bonds. The maximum atomic E-state index is 11.5. The van der Waals surface area contributed by atoms with Crippen LogP contribution in [0.3, 0.4) is 0 Å². The van der Waals surface area contributed by atoms with Gasteiger partial charge in [-0.3, -0.25) is 0 Å². The SMILES string of the molecule is CS(=O)(=O)CCS(=O)(=O)NCCOc1ccccc1N. The van der Waals surface area contributed by atoms with E-state index in [1.165, 1.54) is 0 Å². The molecule has 9 heteroatoms. The van der Waals surface area contributed by atoms with Crippen molar-refractivity contribution in [2.75, 3.05) is 36.6 Å². The highest BCUT2D eigenvalue weighted by Crippen LogP contribution is 2.19. The molecule has 0 radical (unpaired) electrons. The van der Waals surface area contributed by atoms with Crippen molar-refractivity contribution < 1.29 is 21.6 Å². The topological polar surface area (TPSA) is 116 Å². The van der Waals surface area contributed by atoms with Crippen LogP contribution < -0.4 is 15.2 Å². The summed E-state index contributed by atoms with van der Waals surface area (Å²) in [5.74, 6) is -0.392. The quantitative estimate of drug-likeness (QED) is 0.497. The number of nitrogens with one attached hydrogen (secondary N) is 1. The lowest BCUT2D eigenvalue weighted by Gasteiger charge is -2.09. The number of sulfonamides is 1. The van der Waals surface area contributed by atoms with Crippen LogP contribution in [-0.4, -0.2) is 47.7 Å². The van der Waals surface area contributed by atoms with Crippen molar-refractivity contribution in [3.8, 4) is 5.75 Å². The second-order valence-electron chi connectivity index (χ2n) is 4.23. The van der Waals surface area contributed by atoms with Gasteiger partial charge in [-0.15, -0.1) is 0 Å². The van der Waals surface area contributed by atoms with Gasteiger partial charge in [-0.25, -0.2) is 21.6 Å². The molecule has 0 heterocycles. The van der Waals surface area contributed by atoms with E-state index in [1.54, 1.807) is 24.3 Å². The van der Waals surface area contributed by atoms with E-state index in [9.17, 15) is 16.8 Å². The number of hydrogen-bond donors (Lipinski definition) is 2. The predicted molar refractivity (Wildman–Crippen MR) is 77.8 cm³/mol. The first-order valence-electron chi connectivity index (χ1n) is 5.82. The molecule has 0 atom stereocenters. The van der Waals surface area contributed by atoms with Crippen LogP contribution in [0.2, 0.25) is 0 Å². The number of nitrogens with two attached hydrogens (primary N) is 1. The van der Waals surface area contributed by atoms with Gasteiger partial charge in [0.25, 0.3) is 0 Å². The van der Waals surface area contributed by atoms with Crippen LogP contribution in [0.1, 0.15) is 0 Å². The third-order valence-corrected chi connectivity index (χ3v) is 4.91. The highest BCUT2D eigenvalue weighted by atomic mass is 32.2. The molecule has 0 spiro atoms. The number of sulfone groups is 1. The van der Waals surface area contributed by atoms with Gasteiger partial charge in [-0.2, -0.15) is 0 Å². The first kappa shape index (κ1) is 16.7. The molecular formula is C11H18N2O5S2. The van der Waals surface area contributed by atoms with E-state index in [2.05, 4.69) is 4.72 Å². The van der Waals surface area contributed by atoms with Crippen LogP contribution in [0.5, 0.6) is 5.75 Å². The van der Waals surface area contributed by atoms with Gasteiger partial charge in [-0.05, 0) is 12.1 Å². The standard InChI is InChI=1S/C11H18N2O5S2/c1-19(14,15)8-9-20(16,17)13-6-7-18-11-5-3-2-4-10(11)12/h2-5,13H,6-9,12H2,1H3. The van der Waals surface area contributed by atoms with E-state index < -0.39 is 31.4 Å². The van der Waals surface area contributed by atoms with Gasteiger partial charge < -0.3 is 10.5 Å². The molecule has 7 nitrogen and oxygen atoms in total. The Balaban J connectivity index is 2.35. The third-order valence-electron chi connectivity index (χ3n) is 2.32. The number of para-hydroxylation sites is 2. The predicted octanol–water partition coefficient (Wildman–Crippen LogP) is -0.388. The van der Waals surface area contributed by atoms with E-state index >= 15 is 0 Å². The minimum Gasteiger partial charge on any atom is -0.490 e. The number of ether oxygens (including phenoxy) is 1. The first-order valence-corrected chi connectivity index (χ1v) is 9.53. The fraction of sp³-hybridized carbons (Fsp3) is 0.455. The maximum absolute atomic E-state index is 11.5. The van der Waals surface area contributed by atoms with Crippen molar-refractivity contribution in [2.24, 2.45) is 0 Å². The Bertz CT molecular complexity index is 641. The van der Waals surface area contributed by atoms with Crippen LogP contribution >= 0.6 is 0 Å². The summed E-state index contributed by atoms with van der Waals surface area (Å²) in [6.07, 6.45) is 0.990. The van der Waals surface area contributed by atoms with E-state index in [1.807, 2.05) is 0 Å². The summed E-state index contributed by atoms with van der Waals surface area (Å²) >= 11 is 0. The molecule has 1 rings (SSSR count). The summed E-state index contributed by atoms with van der Waals surface area (Å²) in [5, 5.41) is 0. The highest BCUT2D eigenvalue weighted by molar-refractivity contribution is 7.93. The zero-order valence-corrected chi connectivity index (χ0v) is 12.7. The largest absolute Gasteiger partial charge is 0.490 e.